The highest BCUT2D eigenvalue weighted by molar-refractivity contribution is 6.18. The number of furan rings is 1. The van der Waals surface area contributed by atoms with Crippen LogP contribution in [0.4, 0.5) is 0 Å². The van der Waals surface area contributed by atoms with E-state index in [1.54, 1.807) is 0 Å². The highest BCUT2D eigenvalue weighted by atomic mass is 16.3. The minimum absolute atomic E-state index is 0.917. The predicted molar refractivity (Wildman–Crippen MR) is 179 cm³/mol. The number of imidazole rings is 1. The van der Waals surface area contributed by atoms with Crippen molar-refractivity contribution < 1.29 is 4.42 Å². The number of aryl methyl sites for hydroxylation is 1. The van der Waals surface area contributed by atoms with Gasteiger partial charge in [0.05, 0.1) is 11.0 Å². The third kappa shape index (κ3) is 3.72. The van der Waals surface area contributed by atoms with E-state index in [4.69, 9.17) is 9.40 Å². The Morgan fingerprint density at radius 1 is 0.512 bits per heavy atom. The molecule has 0 radical (unpaired) electrons. The van der Waals surface area contributed by atoms with E-state index in [-0.39, 0.29) is 0 Å². The summed E-state index contributed by atoms with van der Waals surface area (Å²) in [5, 5.41) is 7.11. The van der Waals surface area contributed by atoms with Gasteiger partial charge in [0, 0.05) is 28.9 Å². The fourth-order valence-electron chi connectivity index (χ4n) is 6.61. The summed E-state index contributed by atoms with van der Waals surface area (Å²) in [6, 6.07) is 49.6. The van der Waals surface area contributed by atoms with E-state index < -0.39 is 0 Å². The second kappa shape index (κ2) is 9.17. The molecule has 0 bridgehead atoms. The molecule has 7 aromatic carbocycles. The number of para-hydroxylation sites is 1. The van der Waals surface area contributed by atoms with Gasteiger partial charge < -0.3 is 8.98 Å². The van der Waals surface area contributed by atoms with E-state index in [0.717, 1.165) is 61.1 Å². The fraction of sp³-hybridized carbons (Fsp3) is 0.0250. The van der Waals surface area contributed by atoms with Gasteiger partial charge >= 0.3 is 0 Å². The minimum atomic E-state index is 0.917. The Morgan fingerprint density at radius 2 is 1.19 bits per heavy atom. The maximum Gasteiger partial charge on any atom is 0.143 e. The Hall–Kier alpha value is -5.67. The van der Waals surface area contributed by atoms with E-state index in [9.17, 15) is 0 Å². The third-order valence-corrected chi connectivity index (χ3v) is 8.77. The molecule has 43 heavy (non-hydrogen) atoms. The summed E-state index contributed by atoms with van der Waals surface area (Å²) in [5.41, 5.74) is 9.74. The molecule has 0 aliphatic carbocycles. The van der Waals surface area contributed by atoms with Crippen LogP contribution >= 0.6 is 0 Å². The molecule has 0 saturated carbocycles. The van der Waals surface area contributed by atoms with Crippen LogP contribution in [0.15, 0.2) is 144 Å². The smallest absolute Gasteiger partial charge is 0.143 e. The number of hydrogen-bond donors (Lipinski definition) is 0. The summed E-state index contributed by atoms with van der Waals surface area (Å²) >= 11 is 0. The molecule has 0 amide bonds. The molecule has 0 fully saturated rings. The highest BCUT2D eigenvalue weighted by Crippen LogP contribution is 2.42. The summed E-state index contributed by atoms with van der Waals surface area (Å²) in [7, 11) is 2.08. The van der Waals surface area contributed by atoms with Gasteiger partial charge in [-0.1, -0.05) is 103 Å². The van der Waals surface area contributed by atoms with Gasteiger partial charge in [-0.2, -0.15) is 0 Å². The fourth-order valence-corrected chi connectivity index (χ4v) is 6.61. The van der Waals surface area contributed by atoms with Crippen molar-refractivity contribution in [1.29, 1.82) is 0 Å². The molecule has 3 heteroatoms. The SMILES string of the molecule is Cn1c(-c2ccccc2)nc2cc(-c3ccc4cc(-c5c6ccccc6cc6c5oc5ccccc56)ccc4c3)ccc21. The lowest BCUT2D eigenvalue weighted by atomic mass is 9.93. The highest BCUT2D eigenvalue weighted by Gasteiger charge is 2.17. The van der Waals surface area contributed by atoms with Crippen LogP contribution in [0.2, 0.25) is 0 Å². The number of rotatable bonds is 3. The van der Waals surface area contributed by atoms with E-state index in [1.165, 1.54) is 27.1 Å². The molecule has 3 nitrogen and oxygen atoms in total. The molecule has 0 aliphatic rings. The Bertz CT molecular complexity index is 2520. The van der Waals surface area contributed by atoms with Gasteiger partial charge in [0.25, 0.3) is 0 Å². The van der Waals surface area contributed by atoms with Crippen LogP contribution < -0.4 is 0 Å². The molecule has 2 aromatic heterocycles. The quantitative estimate of drug-likeness (QED) is 0.219. The van der Waals surface area contributed by atoms with E-state index >= 15 is 0 Å². The zero-order chi connectivity index (χ0) is 28.5. The van der Waals surface area contributed by atoms with Gasteiger partial charge in [-0.25, -0.2) is 4.98 Å². The topological polar surface area (TPSA) is 31.0 Å². The second-order valence-corrected chi connectivity index (χ2v) is 11.3. The third-order valence-electron chi connectivity index (χ3n) is 8.77. The molecule has 0 aliphatic heterocycles. The number of fused-ring (bicyclic) bond motifs is 6. The summed E-state index contributed by atoms with van der Waals surface area (Å²) in [4.78, 5) is 5.00. The zero-order valence-corrected chi connectivity index (χ0v) is 23.6. The molecule has 0 N–H and O–H groups in total. The van der Waals surface area contributed by atoms with Gasteiger partial charge in [-0.05, 0) is 74.6 Å². The standard InChI is InChI=1S/C40H26N2O/c1-42-36-20-19-29(24-35(36)41-40(42)25-9-3-2-4-10-25)27-15-16-28-22-31(18-17-26(28)21-27)38-32-12-6-5-11-30(32)23-34-33-13-7-8-14-37(33)43-39(34)38/h2-24H,1H3. The van der Waals surface area contributed by atoms with Crippen molar-refractivity contribution in [3.63, 3.8) is 0 Å². The molecule has 9 aromatic rings. The normalized spacial score (nSPS) is 11.8. The zero-order valence-electron chi connectivity index (χ0n) is 23.6. The van der Waals surface area contributed by atoms with E-state index in [2.05, 4.69) is 139 Å². The first-order valence-corrected chi connectivity index (χ1v) is 14.6. The van der Waals surface area contributed by atoms with Gasteiger partial charge in [-0.15, -0.1) is 0 Å². The number of benzene rings is 7. The van der Waals surface area contributed by atoms with E-state index in [0.29, 0.717) is 0 Å². The Balaban J connectivity index is 1.17. The monoisotopic (exact) mass is 550 g/mol. The molecule has 0 unspecified atom stereocenters. The lowest BCUT2D eigenvalue weighted by Crippen LogP contribution is -1.91. The van der Waals surface area contributed by atoms with Crippen LogP contribution in [0.3, 0.4) is 0 Å². The summed E-state index contributed by atoms with van der Waals surface area (Å²) < 4.78 is 8.67. The molecular weight excluding hydrogens is 524 g/mol. The molecule has 202 valence electrons. The Morgan fingerprint density at radius 3 is 2.05 bits per heavy atom. The summed E-state index contributed by atoms with van der Waals surface area (Å²) in [6.45, 7) is 0. The molecule has 0 spiro atoms. The van der Waals surface area contributed by atoms with Crippen molar-refractivity contribution in [2.24, 2.45) is 7.05 Å². The predicted octanol–water partition coefficient (Wildman–Crippen LogP) is 10.8. The van der Waals surface area contributed by atoms with Gasteiger partial charge in [0.2, 0.25) is 0 Å². The molecule has 9 rings (SSSR count). The Kier molecular flexibility index (Phi) is 5.11. The van der Waals surface area contributed by atoms with Crippen LogP contribution in [-0.2, 0) is 7.05 Å². The van der Waals surface area contributed by atoms with Crippen LogP contribution in [0.1, 0.15) is 0 Å². The lowest BCUT2D eigenvalue weighted by Gasteiger charge is -2.11. The molecule has 0 saturated heterocycles. The molecule has 0 atom stereocenters. The van der Waals surface area contributed by atoms with Crippen LogP contribution in [0.25, 0.3) is 88.2 Å². The van der Waals surface area contributed by atoms with Crippen molar-refractivity contribution in [3.8, 4) is 33.6 Å². The second-order valence-electron chi connectivity index (χ2n) is 11.3. The first-order chi connectivity index (χ1) is 21.2. The number of hydrogen-bond acceptors (Lipinski definition) is 2. The van der Waals surface area contributed by atoms with E-state index in [1.807, 2.05) is 12.1 Å². The van der Waals surface area contributed by atoms with Gasteiger partial charge in [-0.3, -0.25) is 0 Å². The van der Waals surface area contributed by atoms with Crippen LogP contribution in [0.5, 0.6) is 0 Å². The number of nitrogens with zero attached hydrogens (tertiary/aromatic N) is 2. The number of aromatic nitrogens is 2. The lowest BCUT2D eigenvalue weighted by molar-refractivity contribution is 0.670. The minimum Gasteiger partial charge on any atom is -0.455 e. The van der Waals surface area contributed by atoms with Crippen LogP contribution in [0, 0.1) is 0 Å². The van der Waals surface area contributed by atoms with Crippen molar-refractivity contribution in [2.75, 3.05) is 0 Å². The summed E-state index contributed by atoms with van der Waals surface area (Å²) in [5.74, 6) is 0.978. The maximum absolute atomic E-state index is 6.50. The largest absolute Gasteiger partial charge is 0.455 e. The van der Waals surface area contributed by atoms with Crippen molar-refractivity contribution in [1.82, 2.24) is 9.55 Å². The first kappa shape index (κ1) is 24.0. The average Bonchev–Trinajstić information content (AvgIpc) is 3.60. The Labute approximate surface area is 248 Å². The molecule has 2 heterocycles. The first-order valence-electron chi connectivity index (χ1n) is 14.6. The van der Waals surface area contributed by atoms with Gasteiger partial charge in [0.15, 0.2) is 0 Å². The van der Waals surface area contributed by atoms with Crippen LogP contribution in [-0.4, -0.2) is 9.55 Å². The van der Waals surface area contributed by atoms with Crippen molar-refractivity contribution >= 4 is 54.5 Å². The molecular formula is C40H26N2O. The maximum atomic E-state index is 6.50. The van der Waals surface area contributed by atoms with Crippen molar-refractivity contribution in [2.45, 2.75) is 0 Å². The average molecular weight is 551 g/mol. The van der Waals surface area contributed by atoms with Gasteiger partial charge in [0.1, 0.15) is 17.0 Å². The summed E-state index contributed by atoms with van der Waals surface area (Å²) in [6.07, 6.45) is 0. The van der Waals surface area contributed by atoms with Crippen molar-refractivity contribution in [3.05, 3.63) is 140 Å².